The molecule has 3 aromatic rings. The van der Waals surface area contributed by atoms with Crippen LogP contribution in [0.2, 0.25) is 0 Å². The Bertz CT molecular complexity index is 1180. The van der Waals surface area contributed by atoms with Crippen molar-refractivity contribution in [3.63, 3.8) is 0 Å². The fourth-order valence-corrected chi connectivity index (χ4v) is 3.44. The van der Waals surface area contributed by atoms with E-state index in [4.69, 9.17) is 4.74 Å². The fraction of sp³-hybridized carbons (Fsp3) is 0.125. The first-order chi connectivity index (χ1) is 11.8. The summed E-state index contributed by atoms with van der Waals surface area (Å²) in [5.41, 5.74) is 0.392. The van der Waals surface area contributed by atoms with Crippen molar-refractivity contribution < 1.29 is 17.6 Å². The molecular weight excluding hydrogens is 348 g/mol. The molecule has 0 bridgehead atoms. The second-order valence-corrected chi connectivity index (χ2v) is 7.00. The van der Waals surface area contributed by atoms with Gasteiger partial charge in [0.1, 0.15) is 5.75 Å². The van der Waals surface area contributed by atoms with Crippen LogP contribution in [0.3, 0.4) is 0 Å². The Labute approximate surface area is 142 Å². The van der Waals surface area contributed by atoms with Crippen LogP contribution < -0.4 is 20.8 Å². The lowest BCUT2D eigenvalue weighted by Gasteiger charge is -2.12. The summed E-state index contributed by atoms with van der Waals surface area (Å²) in [6, 6.07) is 8.81. The fourth-order valence-electron chi connectivity index (χ4n) is 2.35. The number of H-pyrrole nitrogens is 1. The van der Waals surface area contributed by atoms with E-state index >= 15 is 0 Å². The largest absolute Gasteiger partial charge is 0.495 e. The number of ether oxygens (including phenoxy) is 1. The van der Waals surface area contributed by atoms with Crippen LogP contribution in [0.5, 0.6) is 5.75 Å². The SMILES string of the molecule is COc1ccc(C)cc1NS(=O)(=O)c1ccc2[nH]c(=O)oc(=O)c2c1. The number of aromatic nitrogens is 1. The van der Waals surface area contributed by atoms with Gasteiger partial charge in [0.25, 0.3) is 10.0 Å². The standard InChI is InChI=1S/C16H14N2O6S/c1-9-3-6-14(23-2)13(7-9)18-25(21,22)10-4-5-12-11(8-10)15(19)24-16(20)17-12/h3-8,18H,1-2H3,(H,17,20). The number of anilines is 1. The van der Waals surface area contributed by atoms with Gasteiger partial charge < -0.3 is 9.15 Å². The van der Waals surface area contributed by atoms with E-state index in [2.05, 4.69) is 14.1 Å². The molecule has 1 aromatic heterocycles. The average Bonchev–Trinajstić information content (AvgIpc) is 2.54. The lowest BCUT2D eigenvalue weighted by Crippen LogP contribution is -2.17. The number of benzene rings is 2. The lowest BCUT2D eigenvalue weighted by molar-refractivity contribution is 0.417. The summed E-state index contributed by atoms with van der Waals surface area (Å²) in [6.45, 7) is 1.81. The Kier molecular flexibility index (Phi) is 4.09. The highest BCUT2D eigenvalue weighted by Gasteiger charge is 2.18. The molecule has 0 saturated carbocycles. The maximum atomic E-state index is 12.6. The van der Waals surface area contributed by atoms with Gasteiger partial charge in [-0.05, 0) is 42.8 Å². The summed E-state index contributed by atoms with van der Waals surface area (Å²) < 4.78 is 37.3. The molecule has 0 fully saturated rings. The molecule has 0 unspecified atom stereocenters. The van der Waals surface area contributed by atoms with Crippen molar-refractivity contribution in [3.05, 3.63) is 62.9 Å². The molecule has 0 aliphatic carbocycles. The van der Waals surface area contributed by atoms with Gasteiger partial charge in [0.2, 0.25) is 0 Å². The first-order valence-electron chi connectivity index (χ1n) is 7.15. The number of hydrogen-bond acceptors (Lipinski definition) is 6. The van der Waals surface area contributed by atoms with Crippen molar-refractivity contribution >= 4 is 26.6 Å². The highest BCUT2D eigenvalue weighted by Crippen LogP contribution is 2.28. The molecule has 2 aromatic carbocycles. The molecule has 25 heavy (non-hydrogen) atoms. The van der Waals surface area contributed by atoms with Crippen LogP contribution in [0, 0.1) is 6.92 Å². The molecular formula is C16H14N2O6S. The zero-order chi connectivity index (χ0) is 18.2. The second kappa shape index (κ2) is 6.10. The minimum Gasteiger partial charge on any atom is -0.495 e. The average molecular weight is 362 g/mol. The predicted octanol–water partition coefficient (Wildman–Crippen LogP) is 1.60. The van der Waals surface area contributed by atoms with Crippen LogP contribution in [0.15, 0.2) is 55.3 Å². The van der Waals surface area contributed by atoms with E-state index in [-0.39, 0.29) is 21.5 Å². The number of nitrogens with one attached hydrogen (secondary N) is 2. The minimum atomic E-state index is -3.98. The molecule has 3 rings (SSSR count). The van der Waals surface area contributed by atoms with Gasteiger partial charge in [0.15, 0.2) is 0 Å². The predicted molar refractivity (Wildman–Crippen MR) is 91.6 cm³/mol. The van der Waals surface area contributed by atoms with Gasteiger partial charge in [-0.25, -0.2) is 18.0 Å². The zero-order valence-corrected chi connectivity index (χ0v) is 14.1. The first-order valence-corrected chi connectivity index (χ1v) is 8.63. The summed E-state index contributed by atoms with van der Waals surface area (Å²) >= 11 is 0. The molecule has 8 nitrogen and oxygen atoms in total. The zero-order valence-electron chi connectivity index (χ0n) is 13.3. The van der Waals surface area contributed by atoms with Crippen LogP contribution in [-0.4, -0.2) is 20.5 Å². The van der Waals surface area contributed by atoms with Crippen LogP contribution in [0.25, 0.3) is 10.9 Å². The molecule has 130 valence electrons. The van der Waals surface area contributed by atoms with E-state index < -0.39 is 21.4 Å². The van der Waals surface area contributed by atoms with Gasteiger partial charge >= 0.3 is 11.4 Å². The first kappa shape index (κ1) is 16.8. The van der Waals surface area contributed by atoms with Crippen LogP contribution in [0.4, 0.5) is 5.69 Å². The van der Waals surface area contributed by atoms with Gasteiger partial charge in [0.05, 0.1) is 28.6 Å². The van der Waals surface area contributed by atoms with Crippen molar-refractivity contribution in [1.82, 2.24) is 4.98 Å². The van der Waals surface area contributed by atoms with Gasteiger partial charge in [-0.2, -0.15) is 0 Å². The van der Waals surface area contributed by atoms with E-state index in [0.717, 1.165) is 11.6 Å². The van der Waals surface area contributed by atoms with E-state index in [1.54, 1.807) is 18.2 Å². The monoisotopic (exact) mass is 362 g/mol. The van der Waals surface area contributed by atoms with E-state index in [1.807, 2.05) is 6.92 Å². The smallest absolute Gasteiger partial charge is 0.419 e. The molecule has 0 amide bonds. The maximum Gasteiger partial charge on any atom is 0.419 e. The van der Waals surface area contributed by atoms with E-state index in [1.165, 1.54) is 19.2 Å². The highest BCUT2D eigenvalue weighted by atomic mass is 32.2. The third kappa shape index (κ3) is 3.26. The summed E-state index contributed by atoms with van der Waals surface area (Å²) in [5, 5.41) is -0.0429. The summed E-state index contributed by atoms with van der Waals surface area (Å²) in [6.07, 6.45) is 0. The Morgan fingerprint density at radius 2 is 1.88 bits per heavy atom. The number of aryl methyl sites for hydroxylation is 1. The maximum absolute atomic E-state index is 12.6. The Hall–Kier alpha value is -3.07. The number of aromatic amines is 1. The van der Waals surface area contributed by atoms with Gasteiger partial charge in [-0.3, -0.25) is 9.71 Å². The number of rotatable bonds is 4. The Morgan fingerprint density at radius 3 is 2.60 bits per heavy atom. The summed E-state index contributed by atoms with van der Waals surface area (Å²) in [7, 11) is -2.55. The molecule has 0 radical (unpaired) electrons. The summed E-state index contributed by atoms with van der Waals surface area (Å²) in [5.74, 6) is -0.547. The molecule has 9 heteroatoms. The van der Waals surface area contributed by atoms with Crippen molar-refractivity contribution in [2.45, 2.75) is 11.8 Å². The van der Waals surface area contributed by atoms with Gasteiger partial charge in [-0.15, -0.1) is 0 Å². The number of methoxy groups -OCH3 is 1. The topological polar surface area (TPSA) is 118 Å². The Balaban J connectivity index is 2.09. The van der Waals surface area contributed by atoms with Crippen molar-refractivity contribution in [2.24, 2.45) is 0 Å². The molecule has 2 N–H and O–H groups in total. The molecule has 0 atom stereocenters. The van der Waals surface area contributed by atoms with Crippen LogP contribution in [-0.2, 0) is 10.0 Å². The van der Waals surface area contributed by atoms with Crippen molar-refractivity contribution in [1.29, 1.82) is 0 Å². The van der Waals surface area contributed by atoms with E-state index in [9.17, 15) is 18.0 Å². The third-order valence-electron chi connectivity index (χ3n) is 3.54. The normalized spacial score (nSPS) is 11.4. The number of sulfonamides is 1. The third-order valence-corrected chi connectivity index (χ3v) is 4.91. The lowest BCUT2D eigenvalue weighted by atomic mass is 10.2. The van der Waals surface area contributed by atoms with Gasteiger partial charge in [-0.1, -0.05) is 6.07 Å². The van der Waals surface area contributed by atoms with Crippen molar-refractivity contribution in [3.8, 4) is 5.75 Å². The number of fused-ring (bicyclic) bond motifs is 1. The van der Waals surface area contributed by atoms with Crippen molar-refractivity contribution in [2.75, 3.05) is 11.8 Å². The number of hydrogen-bond donors (Lipinski definition) is 2. The minimum absolute atomic E-state index is 0.0429. The van der Waals surface area contributed by atoms with E-state index in [0.29, 0.717) is 5.75 Å². The molecule has 0 aliphatic heterocycles. The molecule has 1 heterocycles. The quantitative estimate of drug-likeness (QED) is 0.728. The van der Waals surface area contributed by atoms with Gasteiger partial charge in [0, 0.05) is 0 Å². The molecule has 0 aliphatic rings. The highest BCUT2D eigenvalue weighted by molar-refractivity contribution is 7.92. The van der Waals surface area contributed by atoms with Crippen LogP contribution in [0.1, 0.15) is 5.56 Å². The van der Waals surface area contributed by atoms with Crippen LogP contribution >= 0.6 is 0 Å². The Morgan fingerprint density at radius 1 is 1.12 bits per heavy atom. The molecule has 0 spiro atoms. The summed E-state index contributed by atoms with van der Waals surface area (Å²) in [4.78, 5) is 25.1. The second-order valence-electron chi connectivity index (χ2n) is 5.32. The molecule has 0 saturated heterocycles.